The highest BCUT2D eigenvalue weighted by molar-refractivity contribution is 6.40. The molecule has 2 amide bonds. The predicted octanol–water partition coefficient (Wildman–Crippen LogP) is 2.60. The summed E-state index contributed by atoms with van der Waals surface area (Å²) < 4.78 is 0. The van der Waals surface area contributed by atoms with Crippen LogP contribution in [-0.4, -0.2) is 23.0 Å². The zero-order chi connectivity index (χ0) is 18.4. The lowest BCUT2D eigenvalue weighted by Gasteiger charge is -2.14. The molecule has 7 heteroatoms. The van der Waals surface area contributed by atoms with Crippen LogP contribution >= 0.6 is 11.6 Å². The number of amides is 2. The standard InChI is InChI=1S/C18H16ClN3O3/c1-11(8-12-2-6-15(23)7-3-12)21-17(24)18(25)22-14-5-4-13(10-20)16(19)9-14/h2-7,9,11,23H,8H2,1H3,(H,21,24)(H,22,25). The van der Waals surface area contributed by atoms with Gasteiger partial charge in [-0.05, 0) is 49.2 Å². The number of hydrogen-bond donors (Lipinski definition) is 3. The highest BCUT2D eigenvalue weighted by Gasteiger charge is 2.17. The van der Waals surface area contributed by atoms with E-state index >= 15 is 0 Å². The minimum Gasteiger partial charge on any atom is -0.508 e. The van der Waals surface area contributed by atoms with Crippen molar-refractivity contribution in [3.63, 3.8) is 0 Å². The number of anilines is 1. The first kappa shape index (κ1) is 18.3. The molecular weight excluding hydrogens is 342 g/mol. The smallest absolute Gasteiger partial charge is 0.313 e. The van der Waals surface area contributed by atoms with Crippen LogP contribution in [0.2, 0.25) is 5.02 Å². The van der Waals surface area contributed by atoms with E-state index in [1.54, 1.807) is 31.2 Å². The maximum atomic E-state index is 12.0. The van der Waals surface area contributed by atoms with Crippen LogP contribution in [0.3, 0.4) is 0 Å². The third kappa shape index (κ3) is 5.23. The number of aromatic hydroxyl groups is 1. The molecule has 0 saturated carbocycles. The van der Waals surface area contributed by atoms with Crippen LogP contribution in [-0.2, 0) is 16.0 Å². The minimum absolute atomic E-state index is 0.167. The highest BCUT2D eigenvalue weighted by Crippen LogP contribution is 2.20. The van der Waals surface area contributed by atoms with Gasteiger partial charge in [0.25, 0.3) is 0 Å². The van der Waals surface area contributed by atoms with Gasteiger partial charge < -0.3 is 15.7 Å². The molecule has 1 atom stereocenters. The fourth-order valence-corrected chi connectivity index (χ4v) is 2.42. The van der Waals surface area contributed by atoms with Crippen molar-refractivity contribution in [3.05, 3.63) is 58.6 Å². The molecule has 0 bridgehead atoms. The van der Waals surface area contributed by atoms with Gasteiger partial charge in [-0.3, -0.25) is 9.59 Å². The lowest BCUT2D eigenvalue weighted by molar-refractivity contribution is -0.136. The topological polar surface area (TPSA) is 102 Å². The summed E-state index contributed by atoms with van der Waals surface area (Å²) in [6.07, 6.45) is 0.516. The maximum Gasteiger partial charge on any atom is 0.313 e. The molecule has 0 radical (unpaired) electrons. The molecule has 0 aliphatic heterocycles. The van der Waals surface area contributed by atoms with Gasteiger partial charge in [0.05, 0.1) is 10.6 Å². The number of nitrogens with zero attached hydrogens (tertiary/aromatic N) is 1. The van der Waals surface area contributed by atoms with Gasteiger partial charge in [-0.2, -0.15) is 5.26 Å². The van der Waals surface area contributed by atoms with Crippen LogP contribution in [0.1, 0.15) is 18.1 Å². The first-order chi connectivity index (χ1) is 11.9. The summed E-state index contributed by atoms with van der Waals surface area (Å²) in [7, 11) is 0. The van der Waals surface area contributed by atoms with Crippen molar-refractivity contribution in [1.29, 1.82) is 5.26 Å². The Morgan fingerprint density at radius 3 is 2.48 bits per heavy atom. The molecule has 128 valence electrons. The molecule has 2 rings (SSSR count). The van der Waals surface area contributed by atoms with Gasteiger partial charge in [0.15, 0.2) is 0 Å². The Hall–Kier alpha value is -3.04. The minimum atomic E-state index is -0.821. The largest absolute Gasteiger partial charge is 0.508 e. The van der Waals surface area contributed by atoms with Crippen molar-refractivity contribution >= 4 is 29.1 Å². The van der Waals surface area contributed by atoms with E-state index in [0.29, 0.717) is 12.1 Å². The van der Waals surface area contributed by atoms with E-state index in [1.165, 1.54) is 18.2 Å². The second kappa shape index (κ2) is 8.18. The SMILES string of the molecule is CC(Cc1ccc(O)cc1)NC(=O)C(=O)Nc1ccc(C#N)c(Cl)c1. The predicted molar refractivity (Wildman–Crippen MR) is 94.2 cm³/mol. The summed E-state index contributed by atoms with van der Waals surface area (Å²) in [4.78, 5) is 23.9. The van der Waals surface area contributed by atoms with Crippen molar-refractivity contribution in [2.45, 2.75) is 19.4 Å². The van der Waals surface area contributed by atoms with Gasteiger partial charge in [0.1, 0.15) is 11.8 Å². The summed E-state index contributed by atoms with van der Waals surface area (Å²) in [5.41, 5.74) is 1.53. The summed E-state index contributed by atoms with van der Waals surface area (Å²) in [5, 5.41) is 23.3. The third-order valence-electron chi connectivity index (χ3n) is 3.41. The fourth-order valence-electron chi connectivity index (χ4n) is 2.20. The van der Waals surface area contributed by atoms with Crippen molar-refractivity contribution in [3.8, 4) is 11.8 Å². The van der Waals surface area contributed by atoms with Crippen molar-refractivity contribution in [1.82, 2.24) is 5.32 Å². The second-order valence-electron chi connectivity index (χ2n) is 5.51. The van der Waals surface area contributed by atoms with Gasteiger partial charge in [0.2, 0.25) is 0 Å². The molecule has 0 aromatic heterocycles. The van der Waals surface area contributed by atoms with Crippen LogP contribution < -0.4 is 10.6 Å². The maximum absolute atomic E-state index is 12.0. The van der Waals surface area contributed by atoms with Gasteiger partial charge in [-0.25, -0.2) is 0 Å². The number of benzene rings is 2. The Kier molecular flexibility index (Phi) is 5.98. The summed E-state index contributed by atoms with van der Waals surface area (Å²) in [6, 6.07) is 12.6. The molecule has 0 fully saturated rings. The number of rotatable bonds is 4. The lowest BCUT2D eigenvalue weighted by Crippen LogP contribution is -2.41. The van der Waals surface area contributed by atoms with E-state index in [-0.39, 0.29) is 22.4 Å². The number of carbonyl (C=O) groups is 2. The molecule has 3 N–H and O–H groups in total. The number of nitrogens with one attached hydrogen (secondary N) is 2. The molecule has 2 aromatic rings. The zero-order valence-corrected chi connectivity index (χ0v) is 14.2. The van der Waals surface area contributed by atoms with Crippen LogP contribution in [0.25, 0.3) is 0 Å². The van der Waals surface area contributed by atoms with Crippen LogP contribution in [0.5, 0.6) is 5.75 Å². The Labute approximate surface area is 150 Å². The number of phenols is 1. The average molecular weight is 358 g/mol. The Morgan fingerprint density at radius 2 is 1.88 bits per heavy atom. The van der Waals surface area contributed by atoms with Crippen LogP contribution in [0.4, 0.5) is 5.69 Å². The van der Waals surface area contributed by atoms with E-state index in [0.717, 1.165) is 5.56 Å². The first-order valence-corrected chi connectivity index (χ1v) is 7.86. The molecule has 2 aromatic carbocycles. The Bertz CT molecular complexity index is 828. The summed E-state index contributed by atoms with van der Waals surface area (Å²) in [6.45, 7) is 1.77. The fraction of sp³-hybridized carbons (Fsp3) is 0.167. The van der Waals surface area contributed by atoms with E-state index in [1.807, 2.05) is 6.07 Å². The van der Waals surface area contributed by atoms with E-state index in [9.17, 15) is 14.7 Å². The Balaban J connectivity index is 1.91. The number of nitriles is 1. The molecule has 25 heavy (non-hydrogen) atoms. The van der Waals surface area contributed by atoms with Crippen LogP contribution in [0, 0.1) is 11.3 Å². The van der Waals surface area contributed by atoms with Crippen molar-refractivity contribution < 1.29 is 14.7 Å². The van der Waals surface area contributed by atoms with Crippen molar-refractivity contribution in [2.75, 3.05) is 5.32 Å². The Morgan fingerprint density at radius 1 is 1.20 bits per heavy atom. The number of halogens is 1. The third-order valence-corrected chi connectivity index (χ3v) is 3.72. The molecule has 0 saturated heterocycles. The zero-order valence-electron chi connectivity index (χ0n) is 13.4. The summed E-state index contributed by atoms with van der Waals surface area (Å²) >= 11 is 5.89. The highest BCUT2D eigenvalue weighted by atomic mass is 35.5. The number of phenolic OH excluding ortho intramolecular Hbond substituents is 1. The first-order valence-electron chi connectivity index (χ1n) is 7.48. The summed E-state index contributed by atoms with van der Waals surface area (Å²) in [5.74, 6) is -1.43. The lowest BCUT2D eigenvalue weighted by atomic mass is 10.1. The van der Waals surface area contributed by atoms with E-state index < -0.39 is 11.8 Å². The molecule has 6 nitrogen and oxygen atoms in total. The number of hydrogen-bond acceptors (Lipinski definition) is 4. The van der Waals surface area contributed by atoms with Crippen molar-refractivity contribution in [2.24, 2.45) is 0 Å². The van der Waals surface area contributed by atoms with E-state index in [2.05, 4.69) is 10.6 Å². The normalized spacial score (nSPS) is 11.2. The van der Waals surface area contributed by atoms with Gasteiger partial charge >= 0.3 is 11.8 Å². The van der Waals surface area contributed by atoms with E-state index in [4.69, 9.17) is 16.9 Å². The number of carbonyl (C=O) groups excluding carboxylic acids is 2. The van der Waals surface area contributed by atoms with Crippen LogP contribution in [0.15, 0.2) is 42.5 Å². The second-order valence-corrected chi connectivity index (χ2v) is 5.91. The molecule has 1 unspecified atom stereocenters. The van der Waals surface area contributed by atoms with Gasteiger partial charge in [-0.1, -0.05) is 23.7 Å². The average Bonchev–Trinajstić information content (AvgIpc) is 2.57. The van der Waals surface area contributed by atoms with Gasteiger partial charge in [-0.15, -0.1) is 0 Å². The molecular formula is C18H16ClN3O3. The molecule has 0 spiro atoms. The monoisotopic (exact) mass is 357 g/mol. The molecule has 0 heterocycles. The molecule has 0 aliphatic carbocycles. The van der Waals surface area contributed by atoms with Gasteiger partial charge in [0, 0.05) is 11.7 Å². The molecule has 0 aliphatic rings. The quantitative estimate of drug-likeness (QED) is 0.732.